The standard InChI is InChI=1S/C11H11Cl2F3N2O2/c12-8-4-6(17)3-7(9(8)13)10(19)18-1-2-20-5-11(14,15)16/h3-4H,1-2,5,17H2,(H,18,19). The molecule has 0 unspecified atom stereocenters. The van der Waals surface area contributed by atoms with Crippen molar-refractivity contribution in [3.8, 4) is 0 Å². The topological polar surface area (TPSA) is 64.4 Å². The molecule has 20 heavy (non-hydrogen) atoms. The Balaban J connectivity index is 2.48. The fraction of sp³-hybridized carbons (Fsp3) is 0.364. The van der Waals surface area contributed by atoms with Crippen molar-refractivity contribution in [3.63, 3.8) is 0 Å². The molecular weight excluding hydrogens is 320 g/mol. The molecule has 0 radical (unpaired) electrons. The molecule has 0 spiro atoms. The molecule has 0 saturated heterocycles. The van der Waals surface area contributed by atoms with Crippen molar-refractivity contribution in [1.29, 1.82) is 0 Å². The number of rotatable bonds is 5. The molecule has 0 heterocycles. The van der Waals surface area contributed by atoms with E-state index < -0.39 is 18.7 Å². The minimum absolute atomic E-state index is 0.0228. The molecular formula is C11H11Cl2F3N2O2. The van der Waals surface area contributed by atoms with Crippen LogP contribution in [0.5, 0.6) is 0 Å². The van der Waals surface area contributed by atoms with E-state index in [4.69, 9.17) is 28.9 Å². The van der Waals surface area contributed by atoms with Crippen molar-refractivity contribution < 1.29 is 22.7 Å². The lowest BCUT2D eigenvalue weighted by molar-refractivity contribution is -0.173. The van der Waals surface area contributed by atoms with Gasteiger partial charge in [0.05, 0.1) is 22.2 Å². The highest BCUT2D eigenvalue weighted by molar-refractivity contribution is 6.44. The Labute approximate surface area is 123 Å². The molecule has 1 aromatic rings. The predicted octanol–water partition coefficient (Wildman–Crippen LogP) is 2.88. The molecule has 0 aliphatic rings. The van der Waals surface area contributed by atoms with Crippen LogP contribution in [0.1, 0.15) is 10.4 Å². The zero-order chi connectivity index (χ0) is 15.3. The van der Waals surface area contributed by atoms with Crippen molar-refractivity contribution in [2.75, 3.05) is 25.5 Å². The maximum Gasteiger partial charge on any atom is 0.411 e. The number of amides is 1. The van der Waals surface area contributed by atoms with Gasteiger partial charge in [-0.25, -0.2) is 0 Å². The first-order valence-corrected chi connectivity index (χ1v) is 6.13. The van der Waals surface area contributed by atoms with Gasteiger partial charge in [0, 0.05) is 12.2 Å². The highest BCUT2D eigenvalue weighted by Crippen LogP contribution is 2.28. The van der Waals surface area contributed by atoms with Crippen molar-refractivity contribution in [3.05, 3.63) is 27.7 Å². The molecule has 0 aromatic heterocycles. The van der Waals surface area contributed by atoms with Crippen LogP contribution in [0.25, 0.3) is 0 Å². The maximum atomic E-state index is 11.8. The third-order valence-electron chi connectivity index (χ3n) is 2.09. The first-order valence-electron chi connectivity index (χ1n) is 5.38. The summed E-state index contributed by atoms with van der Waals surface area (Å²) in [5, 5.41) is 2.49. The molecule has 0 atom stereocenters. The lowest BCUT2D eigenvalue weighted by Crippen LogP contribution is -2.29. The Morgan fingerprint density at radius 2 is 2.00 bits per heavy atom. The molecule has 1 aromatic carbocycles. The molecule has 0 fully saturated rings. The summed E-state index contributed by atoms with van der Waals surface area (Å²) in [5.74, 6) is -0.597. The molecule has 0 saturated carbocycles. The Morgan fingerprint density at radius 3 is 2.60 bits per heavy atom. The number of hydrogen-bond acceptors (Lipinski definition) is 3. The molecule has 0 aliphatic carbocycles. The summed E-state index contributed by atoms with van der Waals surface area (Å²) in [5.41, 5.74) is 5.81. The Hall–Kier alpha value is -1.18. The quantitative estimate of drug-likeness (QED) is 0.644. The van der Waals surface area contributed by atoms with Gasteiger partial charge in [0.1, 0.15) is 6.61 Å². The van der Waals surface area contributed by atoms with Crippen LogP contribution in [0.3, 0.4) is 0 Å². The summed E-state index contributed by atoms with van der Waals surface area (Å²) in [6, 6.07) is 2.70. The van der Waals surface area contributed by atoms with Crippen LogP contribution < -0.4 is 11.1 Å². The number of hydrogen-bond donors (Lipinski definition) is 2. The number of carbonyl (C=O) groups excluding carboxylic acids is 1. The smallest absolute Gasteiger partial charge is 0.399 e. The van der Waals surface area contributed by atoms with E-state index in [1.165, 1.54) is 12.1 Å². The Kier molecular flexibility index (Phi) is 5.91. The number of ether oxygens (including phenoxy) is 1. The summed E-state index contributed by atoms with van der Waals surface area (Å²) in [6.07, 6.45) is -4.39. The van der Waals surface area contributed by atoms with Crippen LogP contribution in [0, 0.1) is 0 Å². The second-order valence-corrected chi connectivity index (χ2v) is 4.57. The van der Waals surface area contributed by atoms with Crippen molar-refractivity contribution in [2.24, 2.45) is 0 Å². The van der Waals surface area contributed by atoms with E-state index in [1.54, 1.807) is 0 Å². The maximum absolute atomic E-state index is 11.8. The lowest BCUT2D eigenvalue weighted by atomic mass is 10.2. The molecule has 112 valence electrons. The molecule has 9 heteroatoms. The fourth-order valence-corrected chi connectivity index (χ4v) is 1.72. The normalized spacial score (nSPS) is 11.4. The number of carbonyl (C=O) groups is 1. The first-order chi connectivity index (χ1) is 9.20. The van der Waals surface area contributed by atoms with Crippen LogP contribution in [-0.2, 0) is 4.74 Å². The third kappa shape index (κ3) is 5.44. The molecule has 1 amide bonds. The van der Waals surface area contributed by atoms with Crippen LogP contribution in [0.2, 0.25) is 10.0 Å². The van der Waals surface area contributed by atoms with Gasteiger partial charge in [-0.3, -0.25) is 4.79 Å². The zero-order valence-electron chi connectivity index (χ0n) is 10.1. The highest BCUT2D eigenvalue weighted by atomic mass is 35.5. The van der Waals surface area contributed by atoms with E-state index in [1.807, 2.05) is 0 Å². The summed E-state index contributed by atoms with van der Waals surface area (Å²) in [4.78, 5) is 11.7. The molecule has 0 bridgehead atoms. The van der Waals surface area contributed by atoms with Gasteiger partial charge in [0.2, 0.25) is 0 Å². The average molecular weight is 331 g/mol. The van der Waals surface area contributed by atoms with Crippen LogP contribution in [-0.4, -0.2) is 31.8 Å². The van der Waals surface area contributed by atoms with Gasteiger partial charge in [-0.1, -0.05) is 23.2 Å². The number of halogens is 5. The van der Waals surface area contributed by atoms with E-state index in [9.17, 15) is 18.0 Å². The fourth-order valence-electron chi connectivity index (χ4n) is 1.30. The summed E-state index contributed by atoms with van der Waals surface area (Å²) in [7, 11) is 0. The van der Waals surface area contributed by atoms with Crippen LogP contribution in [0.15, 0.2) is 12.1 Å². The second kappa shape index (κ2) is 7.01. The minimum Gasteiger partial charge on any atom is -0.399 e. The average Bonchev–Trinajstić information content (AvgIpc) is 2.31. The first kappa shape index (κ1) is 16.9. The van der Waals surface area contributed by atoms with Crippen molar-refractivity contribution in [2.45, 2.75) is 6.18 Å². The van der Waals surface area contributed by atoms with E-state index in [-0.39, 0.29) is 34.4 Å². The molecule has 3 N–H and O–H groups in total. The molecule has 4 nitrogen and oxygen atoms in total. The lowest BCUT2D eigenvalue weighted by Gasteiger charge is -2.10. The highest BCUT2D eigenvalue weighted by Gasteiger charge is 2.27. The minimum atomic E-state index is -4.39. The Morgan fingerprint density at radius 1 is 1.35 bits per heavy atom. The van der Waals surface area contributed by atoms with Crippen molar-refractivity contribution in [1.82, 2.24) is 5.32 Å². The van der Waals surface area contributed by atoms with Crippen molar-refractivity contribution >= 4 is 34.8 Å². The summed E-state index contributed by atoms with van der Waals surface area (Å²) in [6.45, 7) is -1.75. The molecule has 1 rings (SSSR count). The number of alkyl halides is 3. The number of anilines is 1. The van der Waals surface area contributed by atoms with Crippen LogP contribution >= 0.6 is 23.2 Å². The number of nitrogen functional groups attached to an aromatic ring is 1. The number of benzene rings is 1. The number of nitrogens with two attached hydrogens (primary N) is 1. The Bertz CT molecular complexity index is 495. The molecule has 0 aliphatic heterocycles. The largest absolute Gasteiger partial charge is 0.411 e. The summed E-state index contributed by atoms with van der Waals surface area (Å²) < 4.78 is 39.7. The van der Waals surface area contributed by atoms with Gasteiger partial charge >= 0.3 is 6.18 Å². The van der Waals surface area contributed by atoms with E-state index >= 15 is 0 Å². The number of nitrogens with one attached hydrogen (secondary N) is 1. The van der Waals surface area contributed by atoms with Gasteiger partial charge in [-0.2, -0.15) is 13.2 Å². The van der Waals surface area contributed by atoms with Gasteiger partial charge in [-0.05, 0) is 12.1 Å². The van der Waals surface area contributed by atoms with E-state index in [0.717, 1.165) is 0 Å². The predicted molar refractivity (Wildman–Crippen MR) is 70.1 cm³/mol. The third-order valence-corrected chi connectivity index (χ3v) is 2.89. The van der Waals surface area contributed by atoms with Gasteiger partial charge < -0.3 is 15.8 Å². The zero-order valence-corrected chi connectivity index (χ0v) is 11.6. The SMILES string of the molecule is Nc1cc(Cl)c(Cl)c(C(=O)NCCOCC(F)(F)F)c1. The second-order valence-electron chi connectivity index (χ2n) is 3.79. The van der Waals surface area contributed by atoms with Gasteiger partial charge in [0.15, 0.2) is 0 Å². The van der Waals surface area contributed by atoms with Gasteiger partial charge in [0.25, 0.3) is 5.91 Å². The van der Waals surface area contributed by atoms with E-state index in [0.29, 0.717) is 0 Å². The monoisotopic (exact) mass is 330 g/mol. The van der Waals surface area contributed by atoms with Gasteiger partial charge in [-0.15, -0.1) is 0 Å². The van der Waals surface area contributed by atoms with E-state index in [2.05, 4.69) is 10.1 Å². The van der Waals surface area contributed by atoms with Crippen LogP contribution in [0.4, 0.5) is 18.9 Å². The summed E-state index contributed by atoms with van der Waals surface area (Å²) >= 11 is 11.6.